The van der Waals surface area contributed by atoms with Crippen LogP contribution in [0.2, 0.25) is 0 Å². The van der Waals surface area contributed by atoms with E-state index in [1.165, 1.54) is 0 Å². The van der Waals surface area contributed by atoms with Gasteiger partial charge in [-0.2, -0.15) is 5.10 Å². The molecular formula is C15H14N4. The fourth-order valence-electron chi connectivity index (χ4n) is 2.10. The summed E-state index contributed by atoms with van der Waals surface area (Å²) in [7, 11) is 0. The molecule has 0 atom stereocenters. The van der Waals surface area contributed by atoms with E-state index in [2.05, 4.69) is 20.2 Å². The maximum absolute atomic E-state index is 4.49. The summed E-state index contributed by atoms with van der Waals surface area (Å²) in [6, 6.07) is 10.1. The molecule has 0 radical (unpaired) electrons. The molecule has 19 heavy (non-hydrogen) atoms. The van der Waals surface area contributed by atoms with Crippen molar-refractivity contribution in [2.24, 2.45) is 0 Å². The van der Waals surface area contributed by atoms with Crippen molar-refractivity contribution in [3.05, 3.63) is 53.1 Å². The van der Waals surface area contributed by atoms with Crippen LogP contribution < -0.4 is 0 Å². The Labute approximate surface area is 111 Å². The molecule has 2 heterocycles. The number of fused-ring (bicyclic) bond motifs is 1. The zero-order valence-corrected chi connectivity index (χ0v) is 10.9. The molecule has 3 rings (SSSR count). The first kappa shape index (κ1) is 11.6. The van der Waals surface area contributed by atoms with E-state index in [4.69, 9.17) is 0 Å². The van der Waals surface area contributed by atoms with E-state index in [-0.39, 0.29) is 0 Å². The molecule has 0 bridgehead atoms. The van der Waals surface area contributed by atoms with Crippen molar-refractivity contribution < 1.29 is 0 Å². The summed E-state index contributed by atoms with van der Waals surface area (Å²) in [5.41, 5.74) is 3.80. The number of H-pyrrole nitrogens is 1. The van der Waals surface area contributed by atoms with Crippen LogP contribution in [0.15, 0.2) is 30.3 Å². The number of nitrogens with one attached hydrogen (secondary N) is 1. The summed E-state index contributed by atoms with van der Waals surface area (Å²) >= 11 is 0. The predicted octanol–water partition coefficient (Wildman–Crippen LogP) is 3.14. The molecule has 1 N–H and O–H groups in total. The quantitative estimate of drug-likeness (QED) is 0.760. The number of hydrogen-bond donors (Lipinski definition) is 1. The van der Waals surface area contributed by atoms with E-state index in [0.29, 0.717) is 5.82 Å². The van der Waals surface area contributed by atoms with E-state index in [1.807, 2.05) is 56.3 Å². The molecular weight excluding hydrogens is 236 g/mol. The van der Waals surface area contributed by atoms with E-state index >= 15 is 0 Å². The highest BCUT2D eigenvalue weighted by atomic mass is 15.2. The van der Waals surface area contributed by atoms with Crippen LogP contribution in [0.1, 0.15) is 22.8 Å². The van der Waals surface area contributed by atoms with Gasteiger partial charge in [-0.05, 0) is 25.5 Å². The summed E-state index contributed by atoms with van der Waals surface area (Å²) < 4.78 is 0. The highest BCUT2D eigenvalue weighted by Crippen LogP contribution is 2.17. The zero-order chi connectivity index (χ0) is 13.2. The second-order valence-electron chi connectivity index (χ2n) is 4.46. The van der Waals surface area contributed by atoms with Gasteiger partial charge in [0.1, 0.15) is 0 Å². The van der Waals surface area contributed by atoms with E-state index in [9.17, 15) is 0 Å². The van der Waals surface area contributed by atoms with Crippen molar-refractivity contribution in [2.75, 3.05) is 0 Å². The Hall–Kier alpha value is -2.49. The molecule has 3 aromatic rings. The lowest BCUT2D eigenvalue weighted by molar-refractivity contribution is 1.05. The van der Waals surface area contributed by atoms with Gasteiger partial charge in [0, 0.05) is 5.69 Å². The Bertz CT molecular complexity index is 741. The molecule has 0 aliphatic rings. The van der Waals surface area contributed by atoms with E-state index in [1.54, 1.807) is 0 Å². The van der Waals surface area contributed by atoms with E-state index in [0.717, 1.165) is 28.0 Å². The minimum Gasteiger partial charge on any atom is -0.280 e. The first-order valence-electron chi connectivity index (χ1n) is 6.16. The number of rotatable bonds is 2. The maximum atomic E-state index is 4.49. The molecule has 0 saturated carbocycles. The van der Waals surface area contributed by atoms with Crippen LogP contribution in [-0.4, -0.2) is 20.2 Å². The summed E-state index contributed by atoms with van der Waals surface area (Å²) in [4.78, 5) is 8.92. The number of nitrogens with zero attached hydrogens (tertiary/aromatic N) is 3. The SMILES string of the molecule is Cc1nc(/C=C\c2ccccc2)nc2n[nH]c(C)c12. The van der Waals surface area contributed by atoms with Gasteiger partial charge < -0.3 is 0 Å². The predicted molar refractivity (Wildman–Crippen MR) is 76.5 cm³/mol. The average molecular weight is 250 g/mol. The Morgan fingerprint density at radius 2 is 1.79 bits per heavy atom. The van der Waals surface area contributed by atoms with Gasteiger partial charge in [-0.1, -0.05) is 36.4 Å². The number of benzene rings is 1. The van der Waals surface area contributed by atoms with Crippen molar-refractivity contribution in [3.63, 3.8) is 0 Å². The Morgan fingerprint density at radius 1 is 1.00 bits per heavy atom. The largest absolute Gasteiger partial charge is 0.280 e. The van der Waals surface area contributed by atoms with Crippen molar-refractivity contribution in [3.8, 4) is 0 Å². The third kappa shape index (κ3) is 2.25. The van der Waals surface area contributed by atoms with Crippen molar-refractivity contribution in [1.82, 2.24) is 20.2 Å². The topological polar surface area (TPSA) is 54.5 Å². The van der Waals surface area contributed by atoms with Gasteiger partial charge in [0.2, 0.25) is 0 Å². The normalized spacial score (nSPS) is 11.5. The molecule has 0 aliphatic carbocycles. The highest BCUT2D eigenvalue weighted by Gasteiger charge is 2.08. The second-order valence-corrected chi connectivity index (χ2v) is 4.46. The Balaban J connectivity index is 2.00. The number of aromatic amines is 1. The van der Waals surface area contributed by atoms with Gasteiger partial charge in [0.25, 0.3) is 0 Å². The third-order valence-corrected chi connectivity index (χ3v) is 3.02. The summed E-state index contributed by atoms with van der Waals surface area (Å²) in [5.74, 6) is 0.681. The van der Waals surface area contributed by atoms with Crippen molar-refractivity contribution in [2.45, 2.75) is 13.8 Å². The first-order valence-corrected chi connectivity index (χ1v) is 6.16. The lowest BCUT2D eigenvalue weighted by atomic mass is 10.2. The molecule has 0 fully saturated rings. The number of hydrogen-bond acceptors (Lipinski definition) is 3. The standard InChI is InChI=1S/C15H14N4/c1-10-14-11(2)18-19-15(14)17-13(16-10)9-8-12-6-4-3-5-7-12/h3-9H,1-2H3,(H,16,17,18,19)/b9-8-. The van der Waals surface area contributed by atoms with E-state index < -0.39 is 0 Å². The fraction of sp³-hybridized carbons (Fsp3) is 0.133. The minimum absolute atomic E-state index is 0.681. The lowest BCUT2D eigenvalue weighted by Gasteiger charge is -1.98. The van der Waals surface area contributed by atoms with Crippen LogP contribution in [0.25, 0.3) is 23.2 Å². The van der Waals surface area contributed by atoms with Crippen LogP contribution in [0.4, 0.5) is 0 Å². The van der Waals surface area contributed by atoms with Gasteiger partial charge in [-0.15, -0.1) is 0 Å². The Morgan fingerprint density at radius 3 is 2.58 bits per heavy atom. The highest BCUT2D eigenvalue weighted by molar-refractivity contribution is 5.81. The van der Waals surface area contributed by atoms with Gasteiger partial charge in [-0.25, -0.2) is 9.97 Å². The molecule has 2 aromatic heterocycles. The summed E-state index contributed by atoms with van der Waals surface area (Å²) in [6.45, 7) is 3.96. The molecule has 1 aromatic carbocycles. The molecule has 0 saturated heterocycles. The average Bonchev–Trinajstić information content (AvgIpc) is 2.80. The van der Waals surface area contributed by atoms with Crippen LogP contribution in [0.3, 0.4) is 0 Å². The number of aromatic nitrogens is 4. The second kappa shape index (κ2) is 4.65. The van der Waals surface area contributed by atoms with Crippen LogP contribution in [0, 0.1) is 13.8 Å². The zero-order valence-electron chi connectivity index (χ0n) is 10.9. The van der Waals surface area contributed by atoms with Gasteiger partial charge in [0.05, 0.1) is 11.1 Å². The van der Waals surface area contributed by atoms with Gasteiger partial charge in [0.15, 0.2) is 11.5 Å². The van der Waals surface area contributed by atoms with Crippen LogP contribution in [0.5, 0.6) is 0 Å². The monoisotopic (exact) mass is 250 g/mol. The third-order valence-electron chi connectivity index (χ3n) is 3.02. The molecule has 94 valence electrons. The summed E-state index contributed by atoms with van der Waals surface area (Å²) in [6.07, 6.45) is 3.91. The number of aryl methyl sites for hydroxylation is 2. The smallest absolute Gasteiger partial charge is 0.185 e. The fourth-order valence-corrected chi connectivity index (χ4v) is 2.10. The van der Waals surface area contributed by atoms with Crippen molar-refractivity contribution in [1.29, 1.82) is 0 Å². The maximum Gasteiger partial charge on any atom is 0.185 e. The van der Waals surface area contributed by atoms with Gasteiger partial charge in [-0.3, -0.25) is 5.10 Å². The van der Waals surface area contributed by atoms with Crippen molar-refractivity contribution >= 4 is 23.2 Å². The molecule has 4 nitrogen and oxygen atoms in total. The molecule has 0 amide bonds. The lowest BCUT2D eigenvalue weighted by Crippen LogP contribution is -1.92. The molecule has 4 heteroatoms. The van der Waals surface area contributed by atoms with Crippen LogP contribution in [-0.2, 0) is 0 Å². The van der Waals surface area contributed by atoms with Gasteiger partial charge >= 0.3 is 0 Å². The van der Waals surface area contributed by atoms with Crippen LogP contribution >= 0.6 is 0 Å². The minimum atomic E-state index is 0.681. The molecule has 0 aliphatic heterocycles. The first-order chi connectivity index (χ1) is 9.24. The summed E-state index contributed by atoms with van der Waals surface area (Å²) in [5, 5.41) is 8.14. The Kier molecular flexibility index (Phi) is 2.83. The molecule has 0 spiro atoms. The molecule has 0 unspecified atom stereocenters.